The van der Waals surface area contributed by atoms with Crippen molar-refractivity contribution in [1.29, 1.82) is 0 Å². The van der Waals surface area contributed by atoms with E-state index in [2.05, 4.69) is 100 Å². The van der Waals surface area contributed by atoms with Crippen LogP contribution in [0.15, 0.2) is 60.7 Å². The summed E-state index contributed by atoms with van der Waals surface area (Å²) in [4.78, 5) is 10.1. The predicted molar refractivity (Wildman–Crippen MR) is 201 cm³/mol. The number of aryl methyl sites for hydroxylation is 1. The van der Waals surface area contributed by atoms with Gasteiger partial charge in [0.05, 0.1) is 18.7 Å². The summed E-state index contributed by atoms with van der Waals surface area (Å²) in [5.74, 6) is 4.20. The van der Waals surface area contributed by atoms with Gasteiger partial charge in [0.15, 0.2) is 5.75 Å². The van der Waals surface area contributed by atoms with Crippen molar-refractivity contribution in [3.05, 3.63) is 66.2 Å². The highest BCUT2D eigenvalue weighted by Crippen LogP contribution is 2.36. The second kappa shape index (κ2) is 18.3. The Labute approximate surface area is 290 Å². The molecule has 1 aromatic heterocycles. The van der Waals surface area contributed by atoms with E-state index in [0.29, 0.717) is 13.2 Å². The van der Waals surface area contributed by atoms with Crippen molar-refractivity contribution in [2.45, 2.75) is 93.0 Å². The topological polar surface area (TPSA) is 52.0 Å². The fourth-order valence-corrected chi connectivity index (χ4v) is 5.98. The van der Waals surface area contributed by atoms with Crippen LogP contribution in [0.2, 0.25) is 0 Å². The summed E-state index contributed by atoms with van der Waals surface area (Å²) in [6.45, 7) is 26.2. The van der Waals surface area contributed by atoms with Crippen LogP contribution in [0.1, 0.15) is 86.6 Å². The average molecular weight is 657 g/mol. The van der Waals surface area contributed by atoms with Crippen molar-refractivity contribution >= 4 is 11.0 Å². The molecule has 0 aliphatic heterocycles. The second-order valence-corrected chi connectivity index (χ2v) is 13.6. The Balaban J connectivity index is 1.62. The molecule has 0 aliphatic rings. The molecule has 0 unspecified atom stereocenters. The predicted octanol–water partition coefficient (Wildman–Crippen LogP) is 9.81. The number of ether oxygens (including phenoxy) is 3. The van der Waals surface area contributed by atoms with E-state index in [1.54, 1.807) is 0 Å². The second-order valence-electron chi connectivity index (χ2n) is 13.6. The van der Waals surface area contributed by atoms with Crippen LogP contribution in [0, 0.1) is 0 Å². The maximum atomic E-state index is 6.49. The molecule has 0 atom stereocenters. The molecule has 4 rings (SSSR count). The number of imidazole rings is 1. The third-order valence-corrected chi connectivity index (χ3v) is 9.15. The Bertz CT molecular complexity index is 1510. The van der Waals surface area contributed by atoms with E-state index in [-0.39, 0.29) is 5.41 Å². The van der Waals surface area contributed by atoms with Crippen molar-refractivity contribution in [3.8, 4) is 34.4 Å². The molecule has 7 heteroatoms. The quantitative estimate of drug-likeness (QED) is 0.0883. The number of hydrogen-bond acceptors (Lipinski definition) is 6. The van der Waals surface area contributed by atoms with Crippen LogP contribution in [0.5, 0.6) is 23.0 Å². The maximum absolute atomic E-state index is 6.49. The normalized spacial score (nSPS) is 12.0. The van der Waals surface area contributed by atoms with Gasteiger partial charge < -0.3 is 28.6 Å². The Morgan fingerprint density at radius 1 is 0.667 bits per heavy atom. The van der Waals surface area contributed by atoms with E-state index in [4.69, 9.17) is 19.2 Å². The lowest BCUT2D eigenvalue weighted by Crippen LogP contribution is -2.25. The molecule has 0 bridgehead atoms. The fourth-order valence-electron chi connectivity index (χ4n) is 5.98. The van der Waals surface area contributed by atoms with Gasteiger partial charge in [0.1, 0.15) is 28.6 Å². The summed E-state index contributed by atoms with van der Waals surface area (Å²) in [6.07, 6.45) is 4.09. The number of hydrogen-bond donors (Lipinski definition) is 0. The lowest BCUT2D eigenvalue weighted by molar-refractivity contribution is 0.243. The SMILES string of the molecule is CCCCn1c(-c2ccc(Oc3ccc(C(C)(C)C)cc3)cc2)nc2c(OCCCN(CC)CC)cc(OCCCN(CC)CC)cc21. The van der Waals surface area contributed by atoms with E-state index in [9.17, 15) is 0 Å². The number of nitrogens with zero attached hydrogens (tertiary/aromatic N) is 4. The van der Waals surface area contributed by atoms with Gasteiger partial charge in [-0.3, -0.25) is 0 Å². The number of aromatic nitrogens is 2. The first-order valence-corrected chi connectivity index (χ1v) is 18.3. The van der Waals surface area contributed by atoms with Gasteiger partial charge in [0.25, 0.3) is 0 Å². The van der Waals surface area contributed by atoms with Crippen LogP contribution >= 0.6 is 0 Å². The molecule has 0 saturated carbocycles. The van der Waals surface area contributed by atoms with E-state index >= 15 is 0 Å². The van der Waals surface area contributed by atoms with Crippen molar-refractivity contribution in [2.24, 2.45) is 0 Å². The minimum absolute atomic E-state index is 0.109. The number of fused-ring (bicyclic) bond motifs is 1. The van der Waals surface area contributed by atoms with Crippen molar-refractivity contribution in [1.82, 2.24) is 19.4 Å². The average Bonchev–Trinajstić information content (AvgIpc) is 3.46. The Hall–Kier alpha value is -3.55. The highest BCUT2D eigenvalue weighted by atomic mass is 16.5. The number of benzene rings is 3. The highest BCUT2D eigenvalue weighted by molar-refractivity contribution is 5.87. The van der Waals surface area contributed by atoms with Gasteiger partial charge in [-0.05, 0) is 92.8 Å². The molecule has 0 saturated heterocycles. The molecule has 0 spiro atoms. The van der Waals surface area contributed by atoms with Crippen molar-refractivity contribution in [2.75, 3.05) is 52.5 Å². The maximum Gasteiger partial charge on any atom is 0.150 e. The Kier molecular flexibility index (Phi) is 14.2. The van der Waals surface area contributed by atoms with Gasteiger partial charge >= 0.3 is 0 Å². The van der Waals surface area contributed by atoms with E-state index < -0.39 is 0 Å². The number of unbranched alkanes of at least 4 members (excludes halogenated alkanes) is 1. The third-order valence-electron chi connectivity index (χ3n) is 9.15. The lowest BCUT2D eigenvalue weighted by Gasteiger charge is -2.19. The first-order chi connectivity index (χ1) is 23.2. The summed E-state index contributed by atoms with van der Waals surface area (Å²) in [7, 11) is 0. The van der Waals surface area contributed by atoms with Gasteiger partial charge in [0.2, 0.25) is 0 Å². The summed E-state index contributed by atoms with van der Waals surface area (Å²) in [5, 5.41) is 0. The van der Waals surface area contributed by atoms with Crippen LogP contribution in [0.3, 0.4) is 0 Å². The third kappa shape index (κ3) is 10.2. The lowest BCUT2D eigenvalue weighted by atomic mass is 9.87. The summed E-state index contributed by atoms with van der Waals surface area (Å²) in [6, 6.07) is 20.9. The molecule has 0 radical (unpaired) electrons. The molecule has 0 fully saturated rings. The molecule has 0 N–H and O–H groups in total. The Morgan fingerprint density at radius 3 is 1.77 bits per heavy atom. The van der Waals surface area contributed by atoms with Crippen molar-refractivity contribution in [3.63, 3.8) is 0 Å². The number of rotatable bonds is 20. The molecular weight excluding hydrogens is 596 g/mol. The van der Waals surface area contributed by atoms with Gasteiger partial charge in [-0.2, -0.15) is 0 Å². The van der Waals surface area contributed by atoms with E-state index in [0.717, 1.165) is 117 Å². The molecular formula is C41H60N4O3. The zero-order valence-corrected chi connectivity index (χ0v) is 31.0. The zero-order valence-electron chi connectivity index (χ0n) is 31.0. The van der Waals surface area contributed by atoms with Gasteiger partial charge in [-0.1, -0.05) is 73.9 Å². The fraction of sp³-hybridized carbons (Fsp3) is 0.537. The smallest absolute Gasteiger partial charge is 0.150 e. The van der Waals surface area contributed by atoms with E-state index in [1.807, 2.05) is 30.3 Å². The molecule has 7 nitrogen and oxygen atoms in total. The summed E-state index contributed by atoms with van der Waals surface area (Å²) >= 11 is 0. The van der Waals surface area contributed by atoms with Crippen molar-refractivity contribution < 1.29 is 14.2 Å². The largest absolute Gasteiger partial charge is 0.493 e. The van der Waals surface area contributed by atoms with Gasteiger partial charge in [-0.25, -0.2) is 4.98 Å². The first-order valence-electron chi connectivity index (χ1n) is 18.3. The van der Waals surface area contributed by atoms with Crippen LogP contribution in [-0.4, -0.2) is 71.8 Å². The molecule has 48 heavy (non-hydrogen) atoms. The van der Waals surface area contributed by atoms with E-state index in [1.165, 1.54) is 5.56 Å². The molecule has 0 aliphatic carbocycles. The highest BCUT2D eigenvalue weighted by Gasteiger charge is 2.19. The van der Waals surface area contributed by atoms with Crippen LogP contribution < -0.4 is 14.2 Å². The molecule has 262 valence electrons. The van der Waals surface area contributed by atoms with Gasteiger partial charge in [0, 0.05) is 37.3 Å². The minimum Gasteiger partial charge on any atom is -0.493 e. The van der Waals surface area contributed by atoms with Crippen LogP contribution in [-0.2, 0) is 12.0 Å². The molecule has 4 aromatic rings. The minimum atomic E-state index is 0.109. The zero-order chi connectivity index (χ0) is 34.5. The monoisotopic (exact) mass is 656 g/mol. The standard InChI is InChI=1S/C41H60N4O3/c1-9-14-27-45-37-30-36(46-28-15-25-43(10-2)11-3)31-38(47-29-16-26-44(12-4)13-5)39(37)42-40(45)32-17-21-34(22-18-32)48-35-23-19-33(20-24-35)41(6,7)8/h17-24,30-31H,9-16,25-29H2,1-8H3. The molecule has 1 heterocycles. The first kappa shape index (κ1) is 37.3. The molecule has 3 aromatic carbocycles. The van der Waals surface area contributed by atoms with Gasteiger partial charge in [-0.15, -0.1) is 0 Å². The Morgan fingerprint density at radius 2 is 1.23 bits per heavy atom. The summed E-state index contributed by atoms with van der Waals surface area (Å²) < 4.78 is 21.4. The van der Waals surface area contributed by atoms with Crippen LogP contribution in [0.4, 0.5) is 0 Å². The van der Waals surface area contributed by atoms with Crippen LogP contribution in [0.25, 0.3) is 22.4 Å². The molecule has 0 amide bonds. The summed E-state index contributed by atoms with van der Waals surface area (Å²) in [5.41, 5.74) is 4.39.